The maximum Gasteiger partial charge on any atom is 0.323 e. The van der Waals surface area contributed by atoms with Crippen LogP contribution in [-0.2, 0) is 16.1 Å². The van der Waals surface area contributed by atoms with Gasteiger partial charge in [0.1, 0.15) is 6.04 Å². The maximum absolute atomic E-state index is 12.1. The first-order valence-corrected chi connectivity index (χ1v) is 7.15. The Morgan fingerprint density at radius 2 is 2.05 bits per heavy atom. The summed E-state index contributed by atoms with van der Waals surface area (Å²) in [5.74, 6) is -0.0642. The van der Waals surface area contributed by atoms with Crippen molar-refractivity contribution in [2.45, 2.75) is 51.8 Å². The van der Waals surface area contributed by atoms with E-state index in [2.05, 4.69) is 17.0 Å². The molecule has 3 heteroatoms. The first-order chi connectivity index (χ1) is 9.16. The van der Waals surface area contributed by atoms with Gasteiger partial charge in [0.15, 0.2) is 0 Å². The van der Waals surface area contributed by atoms with Crippen LogP contribution in [0.2, 0.25) is 0 Å². The highest BCUT2D eigenvalue weighted by molar-refractivity contribution is 5.76. The second-order valence-corrected chi connectivity index (χ2v) is 5.45. The summed E-state index contributed by atoms with van der Waals surface area (Å²) in [6.07, 6.45) is 3.16. The molecule has 1 atom stereocenters. The molecule has 1 unspecified atom stereocenters. The first kappa shape index (κ1) is 14.1. The predicted molar refractivity (Wildman–Crippen MR) is 75.7 cm³/mol. The minimum Gasteiger partial charge on any atom is -0.462 e. The third-order valence-corrected chi connectivity index (χ3v) is 3.47. The van der Waals surface area contributed by atoms with E-state index in [0.29, 0.717) is 0 Å². The number of likely N-dealkylation sites (tertiary alicyclic amines) is 1. The average molecular weight is 261 g/mol. The van der Waals surface area contributed by atoms with E-state index in [1.807, 2.05) is 32.0 Å². The molecule has 0 aliphatic carbocycles. The summed E-state index contributed by atoms with van der Waals surface area (Å²) < 4.78 is 5.38. The summed E-state index contributed by atoms with van der Waals surface area (Å²) in [5.41, 5.74) is 1.26. The van der Waals surface area contributed by atoms with E-state index in [4.69, 9.17) is 4.74 Å². The number of benzene rings is 1. The fourth-order valence-electron chi connectivity index (χ4n) is 2.58. The average Bonchev–Trinajstić information content (AvgIpc) is 2.39. The highest BCUT2D eigenvalue weighted by Crippen LogP contribution is 2.21. The molecule has 1 heterocycles. The minimum atomic E-state index is -0.0728. The normalized spacial score (nSPS) is 20.5. The van der Waals surface area contributed by atoms with Crippen LogP contribution in [0.15, 0.2) is 30.3 Å². The largest absolute Gasteiger partial charge is 0.462 e. The van der Waals surface area contributed by atoms with Crippen molar-refractivity contribution in [3.63, 3.8) is 0 Å². The SMILES string of the molecule is CC(C)OC(=O)C1CCCCN1Cc1ccccc1. The van der Waals surface area contributed by atoms with Gasteiger partial charge in [0.2, 0.25) is 0 Å². The molecule has 1 aromatic carbocycles. The van der Waals surface area contributed by atoms with Crippen LogP contribution in [0.3, 0.4) is 0 Å². The Labute approximate surface area is 115 Å². The lowest BCUT2D eigenvalue weighted by atomic mass is 10.0. The number of rotatable bonds is 4. The van der Waals surface area contributed by atoms with Gasteiger partial charge in [0.25, 0.3) is 0 Å². The first-order valence-electron chi connectivity index (χ1n) is 7.15. The quantitative estimate of drug-likeness (QED) is 0.780. The molecule has 0 bridgehead atoms. The Kier molecular flexibility index (Phi) is 4.97. The molecule has 0 radical (unpaired) electrons. The Morgan fingerprint density at radius 3 is 2.74 bits per heavy atom. The van der Waals surface area contributed by atoms with Gasteiger partial charge in [0.05, 0.1) is 6.10 Å². The van der Waals surface area contributed by atoms with Crippen molar-refractivity contribution < 1.29 is 9.53 Å². The monoisotopic (exact) mass is 261 g/mol. The van der Waals surface area contributed by atoms with Gasteiger partial charge in [0, 0.05) is 6.54 Å². The third-order valence-electron chi connectivity index (χ3n) is 3.47. The highest BCUT2D eigenvalue weighted by atomic mass is 16.5. The number of esters is 1. The van der Waals surface area contributed by atoms with Crippen molar-refractivity contribution >= 4 is 5.97 Å². The molecule has 1 aromatic rings. The standard InChI is InChI=1S/C16H23NO2/c1-13(2)19-16(18)15-10-6-7-11-17(15)12-14-8-4-3-5-9-14/h3-5,8-9,13,15H,6-7,10-12H2,1-2H3. The Hall–Kier alpha value is -1.35. The van der Waals surface area contributed by atoms with Crippen LogP contribution in [0.25, 0.3) is 0 Å². The number of hydrogen-bond acceptors (Lipinski definition) is 3. The molecule has 2 rings (SSSR count). The molecule has 0 spiro atoms. The van der Waals surface area contributed by atoms with E-state index in [1.54, 1.807) is 0 Å². The molecular weight excluding hydrogens is 238 g/mol. The van der Waals surface area contributed by atoms with Crippen LogP contribution in [0.4, 0.5) is 0 Å². The number of carbonyl (C=O) groups excluding carboxylic acids is 1. The maximum atomic E-state index is 12.1. The molecule has 0 amide bonds. The van der Waals surface area contributed by atoms with Crippen molar-refractivity contribution in [3.05, 3.63) is 35.9 Å². The van der Waals surface area contributed by atoms with Gasteiger partial charge in [-0.1, -0.05) is 36.8 Å². The molecule has 104 valence electrons. The zero-order valence-corrected chi connectivity index (χ0v) is 11.8. The van der Waals surface area contributed by atoms with Gasteiger partial charge >= 0.3 is 5.97 Å². The van der Waals surface area contributed by atoms with Crippen LogP contribution in [0.5, 0.6) is 0 Å². The highest BCUT2D eigenvalue weighted by Gasteiger charge is 2.30. The summed E-state index contributed by atoms with van der Waals surface area (Å²) in [7, 11) is 0. The molecule has 1 aliphatic heterocycles. The summed E-state index contributed by atoms with van der Waals surface area (Å²) >= 11 is 0. The molecule has 3 nitrogen and oxygen atoms in total. The van der Waals surface area contributed by atoms with Crippen molar-refractivity contribution in [3.8, 4) is 0 Å². The molecule has 1 fully saturated rings. The summed E-state index contributed by atoms with van der Waals surface area (Å²) in [6.45, 7) is 5.62. The summed E-state index contributed by atoms with van der Waals surface area (Å²) in [6, 6.07) is 10.3. The zero-order valence-electron chi connectivity index (χ0n) is 11.8. The number of piperidine rings is 1. The number of ether oxygens (including phenoxy) is 1. The molecule has 19 heavy (non-hydrogen) atoms. The van der Waals surface area contributed by atoms with Crippen LogP contribution in [0.1, 0.15) is 38.7 Å². The van der Waals surface area contributed by atoms with Crippen molar-refractivity contribution in [1.29, 1.82) is 0 Å². The lowest BCUT2D eigenvalue weighted by Gasteiger charge is -2.34. The lowest BCUT2D eigenvalue weighted by Crippen LogP contribution is -2.45. The van der Waals surface area contributed by atoms with E-state index in [9.17, 15) is 4.79 Å². The molecule has 0 N–H and O–H groups in total. The summed E-state index contributed by atoms with van der Waals surface area (Å²) in [5, 5.41) is 0. The van der Waals surface area contributed by atoms with Crippen LogP contribution in [-0.4, -0.2) is 29.6 Å². The second-order valence-electron chi connectivity index (χ2n) is 5.45. The predicted octanol–water partition coefficient (Wildman–Crippen LogP) is 2.99. The Balaban J connectivity index is 2.01. The Morgan fingerprint density at radius 1 is 1.32 bits per heavy atom. The van der Waals surface area contributed by atoms with Crippen LogP contribution >= 0.6 is 0 Å². The summed E-state index contributed by atoms with van der Waals surface area (Å²) in [4.78, 5) is 14.4. The van der Waals surface area contributed by atoms with Crippen molar-refractivity contribution in [2.24, 2.45) is 0 Å². The minimum absolute atomic E-state index is 0.0343. The molecule has 1 saturated heterocycles. The lowest BCUT2D eigenvalue weighted by molar-refractivity contribution is -0.155. The Bertz CT molecular complexity index is 402. The zero-order chi connectivity index (χ0) is 13.7. The topological polar surface area (TPSA) is 29.5 Å². The van der Waals surface area contributed by atoms with E-state index >= 15 is 0 Å². The second kappa shape index (κ2) is 6.71. The van der Waals surface area contributed by atoms with E-state index in [1.165, 1.54) is 5.56 Å². The van der Waals surface area contributed by atoms with E-state index in [-0.39, 0.29) is 18.1 Å². The van der Waals surface area contributed by atoms with Gasteiger partial charge in [-0.05, 0) is 38.8 Å². The van der Waals surface area contributed by atoms with E-state index < -0.39 is 0 Å². The molecule has 0 saturated carbocycles. The smallest absolute Gasteiger partial charge is 0.323 e. The molecule has 1 aliphatic rings. The fraction of sp³-hybridized carbons (Fsp3) is 0.562. The van der Waals surface area contributed by atoms with Gasteiger partial charge in [-0.15, -0.1) is 0 Å². The van der Waals surface area contributed by atoms with Gasteiger partial charge in [-0.3, -0.25) is 9.69 Å². The fourth-order valence-corrected chi connectivity index (χ4v) is 2.58. The number of nitrogens with zero attached hydrogens (tertiary/aromatic N) is 1. The number of hydrogen-bond donors (Lipinski definition) is 0. The van der Waals surface area contributed by atoms with Crippen LogP contribution < -0.4 is 0 Å². The number of carbonyl (C=O) groups is 1. The van der Waals surface area contributed by atoms with Gasteiger partial charge < -0.3 is 4.74 Å². The molecule has 0 aromatic heterocycles. The van der Waals surface area contributed by atoms with Crippen molar-refractivity contribution in [1.82, 2.24) is 4.90 Å². The van der Waals surface area contributed by atoms with Gasteiger partial charge in [-0.25, -0.2) is 0 Å². The van der Waals surface area contributed by atoms with Crippen LogP contribution in [0, 0.1) is 0 Å². The molecular formula is C16H23NO2. The van der Waals surface area contributed by atoms with E-state index in [0.717, 1.165) is 32.4 Å². The van der Waals surface area contributed by atoms with Crippen molar-refractivity contribution in [2.75, 3.05) is 6.54 Å². The third kappa shape index (κ3) is 4.06. The van der Waals surface area contributed by atoms with Gasteiger partial charge in [-0.2, -0.15) is 0 Å².